The molecule has 2 atom stereocenters. The first-order valence-corrected chi connectivity index (χ1v) is 5.50. The number of terminal acetylenes is 1. The second kappa shape index (κ2) is 4.24. The average Bonchev–Trinajstić information content (AvgIpc) is 2.65. The second-order valence-corrected chi connectivity index (χ2v) is 4.22. The molecule has 2 heterocycles. The molecule has 0 aromatic carbocycles. The highest BCUT2D eigenvalue weighted by molar-refractivity contribution is 7.71. The standard InChI is InChI=1S/C11H12N2O2S/c1-3-8-6-13(11(16)12-10(8)14)9-5-4-7(2)15-9/h1,6-7,9H,4-5H2,2H3,(H,12,14,16). The minimum Gasteiger partial charge on any atom is -0.355 e. The van der Waals surface area contributed by atoms with Crippen LogP contribution in [0.5, 0.6) is 0 Å². The highest BCUT2D eigenvalue weighted by Gasteiger charge is 2.23. The van der Waals surface area contributed by atoms with Crippen LogP contribution in [0, 0.1) is 17.1 Å². The third kappa shape index (κ3) is 1.94. The van der Waals surface area contributed by atoms with E-state index in [9.17, 15) is 4.79 Å². The summed E-state index contributed by atoms with van der Waals surface area (Å²) in [5.74, 6) is 2.33. The molecule has 5 heteroatoms. The van der Waals surface area contributed by atoms with E-state index in [2.05, 4.69) is 10.9 Å². The molecule has 1 aliphatic rings. The molecular weight excluding hydrogens is 224 g/mol. The fourth-order valence-electron chi connectivity index (χ4n) is 1.79. The van der Waals surface area contributed by atoms with Crippen LogP contribution in [0.3, 0.4) is 0 Å². The number of ether oxygens (including phenoxy) is 1. The van der Waals surface area contributed by atoms with Crippen LogP contribution in [-0.2, 0) is 4.74 Å². The van der Waals surface area contributed by atoms with Crippen LogP contribution in [0.15, 0.2) is 11.0 Å². The lowest BCUT2D eigenvalue weighted by molar-refractivity contribution is 0.00907. The van der Waals surface area contributed by atoms with Gasteiger partial charge in [-0.1, -0.05) is 5.92 Å². The van der Waals surface area contributed by atoms with E-state index >= 15 is 0 Å². The van der Waals surface area contributed by atoms with Crippen molar-refractivity contribution in [2.24, 2.45) is 0 Å². The maximum absolute atomic E-state index is 11.4. The largest absolute Gasteiger partial charge is 0.355 e. The molecule has 0 bridgehead atoms. The Morgan fingerprint density at radius 3 is 3.00 bits per heavy atom. The minimum atomic E-state index is -0.324. The highest BCUT2D eigenvalue weighted by atomic mass is 32.1. The van der Waals surface area contributed by atoms with Crippen molar-refractivity contribution in [3.05, 3.63) is 26.9 Å². The van der Waals surface area contributed by atoms with Crippen molar-refractivity contribution in [1.82, 2.24) is 9.55 Å². The van der Waals surface area contributed by atoms with Gasteiger partial charge in [0.2, 0.25) is 0 Å². The van der Waals surface area contributed by atoms with Gasteiger partial charge in [0.25, 0.3) is 5.56 Å². The normalized spacial score (nSPS) is 24.2. The summed E-state index contributed by atoms with van der Waals surface area (Å²) in [5.41, 5.74) is -0.0495. The summed E-state index contributed by atoms with van der Waals surface area (Å²) in [4.78, 5) is 13.9. The predicted molar refractivity (Wildman–Crippen MR) is 62.6 cm³/mol. The molecule has 4 nitrogen and oxygen atoms in total. The Morgan fingerprint density at radius 1 is 1.69 bits per heavy atom. The Kier molecular flexibility index (Phi) is 2.95. The van der Waals surface area contributed by atoms with Crippen molar-refractivity contribution in [2.45, 2.75) is 32.1 Å². The van der Waals surface area contributed by atoms with Crippen molar-refractivity contribution in [3.8, 4) is 12.3 Å². The molecule has 0 spiro atoms. The zero-order valence-electron chi connectivity index (χ0n) is 8.90. The molecule has 0 saturated carbocycles. The van der Waals surface area contributed by atoms with Crippen molar-refractivity contribution >= 4 is 12.2 Å². The monoisotopic (exact) mass is 236 g/mol. The molecule has 16 heavy (non-hydrogen) atoms. The third-order valence-corrected chi connectivity index (χ3v) is 2.96. The molecule has 2 unspecified atom stereocenters. The summed E-state index contributed by atoms with van der Waals surface area (Å²) in [7, 11) is 0. The first-order chi connectivity index (χ1) is 7.61. The first kappa shape index (κ1) is 11.1. The van der Waals surface area contributed by atoms with Gasteiger partial charge in [0.1, 0.15) is 11.8 Å². The fraction of sp³-hybridized carbons (Fsp3) is 0.455. The zero-order valence-corrected chi connectivity index (χ0v) is 9.71. The van der Waals surface area contributed by atoms with Gasteiger partial charge in [-0.2, -0.15) is 0 Å². The predicted octanol–water partition coefficient (Wildman–Crippen LogP) is 1.58. The van der Waals surface area contributed by atoms with Crippen molar-refractivity contribution in [3.63, 3.8) is 0 Å². The minimum absolute atomic E-state index is 0.119. The van der Waals surface area contributed by atoms with Gasteiger partial charge in [0, 0.05) is 6.20 Å². The molecular formula is C11H12N2O2S. The van der Waals surface area contributed by atoms with Crippen molar-refractivity contribution in [1.29, 1.82) is 0 Å². The van der Waals surface area contributed by atoms with E-state index in [0.717, 1.165) is 12.8 Å². The Balaban J connectivity index is 2.46. The Bertz CT molecular complexity index is 552. The Morgan fingerprint density at radius 2 is 2.44 bits per heavy atom. The maximum Gasteiger partial charge on any atom is 0.267 e. The summed E-state index contributed by atoms with van der Waals surface area (Å²) < 4.78 is 7.74. The average molecular weight is 236 g/mol. The van der Waals surface area contributed by atoms with Crippen LogP contribution < -0.4 is 5.56 Å². The molecule has 1 saturated heterocycles. The number of nitrogens with one attached hydrogen (secondary N) is 1. The number of rotatable bonds is 1. The topological polar surface area (TPSA) is 47.0 Å². The Hall–Kier alpha value is -1.38. The molecule has 0 radical (unpaired) electrons. The molecule has 1 aromatic heterocycles. The second-order valence-electron chi connectivity index (χ2n) is 3.83. The number of H-pyrrole nitrogens is 1. The molecule has 0 amide bonds. The van der Waals surface area contributed by atoms with Gasteiger partial charge in [-0.3, -0.25) is 14.3 Å². The van der Waals surface area contributed by atoms with Crippen LogP contribution in [0.1, 0.15) is 31.6 Å². The summed E-state index contributed by atoms with van der Waals surface area (Å²) in [6, 6.07) is 0. The molecule has 1 aliphatic heterocycles. The maximum atomic E-state index is 11.4. The van der Waals surface area contributed by atoms with Crippen LogP contribution in [0.25, 0.3) is 0 Å². The summed E-state index contributed by atoms with van der Waals surface area (Å²) >= 11 is 5.08. The smallest absolute Gasteiger partial charge is 0.267 e. The first-order valence-electron chi connectivity index (χ1n) is 5.09. The van der Waals surface area contributed by atoms with Crippen molar-refractivity contribution in [2.75, 3.05) is 0 Å². The van der Waals surface area contributed by atoms with E-state index in [4.69, 9.17) is 23.4 Å². The zero-order chi connectivity index (χ0) is 11.7. The summed E-state index contributed by atoms with van der Waals surface area (Å²) in [6.45, 7) is 2.01. The number of hydrogen-bond donors (Lipinski definition) is 1. The molecule has 84 valence electrons. The van der Waals surface area contributed by atoms with E-state index in [1.807, 2.05) is 6.92 Å². The molecule has 1 N–H and O–H groups in total. The van der Waals surface area contributed by atoms with Crippen molar-refractivity contribution < 1.29 is 4.74 Å². The molecule has 2 rings (SSSR count). The summed E-state index contributed by atoms with van der Waals surface area (Å²) in [5, 5.41) is 0. The summed E-state index contributed by atoms with van der Waals surface area (Å²) in [6.07, 6.45) is 8.78. The van der Waals surface area contributed by atoms with Gasteiger partial charge >= 0.3 is 0 Å². The molecule has 0 aliphatic carbocycles. The number of aromatic amines is 1. The van der Waals surface area contributed by atoms with E-state index in [1.165, 1.54) is 0 Å². The quantitative estimate of drug-likeness (QED) is 0.595. The van der Waals surface area contributed by atoms with E-state index in [1.54, 1.807) is 10.8 Å². The highest BCUT2D eigenvalue weighted by Crippen LogP contribution is 2.27. The van der Waals surface area contributed by atoms with E-state index in [-0.39, 0.29) is 23.5 Å². The molecule has 1 fully saturated rings. The lowest BCUT2D eigenvalue weighted by atomic mass is 10.2. The third-order valence-electron chi connectivity index (χ3n) is 2.64. The fourth-order valence-corrected chi connectivity index (χ4v) is 2.05. The number of aromatic nitrogens is 2. The van der Waals surface area contributed by atoms with Gasteiger partial charge in [-0.05, 0) is 32.0 Å². The number of hydrogen-bond acceptors (Lipinski definition) is 3. The number of nitrogens with zero attached hydrogens (tertiary/aromatic N) is 1. The van der Waals surface area contributed by atoms with Gasteiger partial charge in [0.05, 0.1) is 6.10 Å². The van der Waals surface area contributed by atoms with Gasteiger partial charge < -0.3 is 4.74 Å². The van der Waals surface area contributed by atoms with Gasteiger partial charge in [-0.15, -0.1) is 6.42 Å². The molecule has 1 aromatic rings. The lowest BCUT2D eigenvalue weighted by Gasteiger charge is -2.15. The van der Waals surface area contributed by atoms with E-state index in [0.29, 0.717) is 4.77 Å². The van der Waals surface area contributed by atoms with Gasteiger partial charge in [-0.25, -0.2) is 0 Å². The lowest BCUT2D eigenvalue weighted by Crippen LogP contribution is -2.19. The Labute approximate surface area is 98.3 Å². The van der Waals surface area contributed by atoms with Crippen LogP contribution in [0.2, 0.25) is 0 Å². The van der Waals surface area contributed by atoms with Gasteiger partial charge in [0.15, 0.2) is 4.77 Å². The van der Waals surface area contributed by atoms with E-state index < -0.39 is 0 Å². The van der Waals surface area contributed by atoms with Crippen LogP contribution >= 0.6 is 12.2 Å². The van der Waals surface area contributed by atoms with Crippen LogP contribution in [0.4, 0.5) is 0 Å². The van der Waals surface area contributed by atoms with Crippen LogP contribution in [-0.4, -0.2) is 15.7 Å². The SMILES string of the molecule is C#Cc1cn(C2CCC(C)O2)c(=S)[nH]c1=O.